The fourth-order valence-corrected chi connectivity index (χ4v) is 3.39. The maximum atomic E-state index is 13.0. The standard InChI is InChI=1S/C20H18FN/c21-18-9-7-16(8-10-18)19-13-20(19,22)12-14-5-6-15-3-1-2-4-17(15)11-14/h1-11,19H,12-13,22H2/t19-,20-/m1/s1. The molecule has 1 aliphatic rings. The summed E-state index contributed by atoms with van der Waals surface area (Å²) in [5.41, 5.74) is 8.76. The number of fused-ring (bicyclic) bond motifs is 1. The average molecular weight is 291 g/mol. The fourth-order valence-electron chi connectivity index (χ4n) is 3.39. The van der Waals surface area contributed by atoms with E-state index in [9.17, 15) is 4.39 Å². The van der Waals surface area contributed by atoms with Gasteiger partial charge in [0.1, 0.15) is 5.82 Å². The predicted octanol–water partition coefficient (Wildman–Crippen LogP) is 4.41. The highest BCUT2D eigenvalue weighted by Crippen LogP contribution is 2.51. The van der Waals surface area contributed by atoms with E-state index in [2.05, 4.69) is 42.5 Å². The average Bonchev–Trinajstić information content (AvgIpc) is 3.19. The minimum atomic E-state index is -0.194. The third kappa shape index (κ3) is 2.40. The zero-order valence-electron chi connectivity index (χ0n) is 12.3. The minimum absolute atomic E-state index is 0.193. The van der Waals surface area contributed by atoms with Crippen LogP contribution < -0.4 is 5.73 Å². The summed E-state index contributed by atoms with van der Waals surface area (Å²) in [6.07, 6.45) is 1.82. The van der Waals surface area contributed by atoms with Crippen LogP contribution in [0.5, 0.6) is 0 Å². The number of benzene rings is 3. The van der Waals surface area contributed by atoms with E-state index >= 15 is 0 Å². The summed E-state index contributed by atoms with van der Waals surface area (Å²) in [6.45, 7) is 0. The van der Waals surface area contributed by atoms with Crippen LogP contribution in [0, 0.1) is 5.82 Å². The molecule has 1 fully saturated rings. The first-order valence-corrected chi connectivity index (χ1v) is 7.66. The molecule has 3 aromatic carbocycles. The largest absolute Gasteiger partial charge is 0.324 e. The molecule has 2 heteroatoms. The monoisotopic (exact) mass is 291 g/mol. The van der Waals surface area contributed by atoms with Crippen molar-refractivity contribution in [3.63, 3.8) is 0 Å². The van der Waals surface area contributed by atoms with Crippen LogP contribution in [-0.2, 0) is 6.42 Å². The Morgan fingerprint density at radius 3 is 2.45 bits per heavy atom. The van der Waals surface area contributed by atoms with Crippen LogP contribution in [0.3, 0.4) is 0 Å². The van der Waals surface area contributed by atoms with Gasteiger partial charge in [-0.3, -0.25) is 0 Å². The van der Waals surface area contributed by atoms with Crippen LogP contribution >= 0.6 is 0 Å². The molecule has 0 aromatic heterocycles. The number of hydrogen-bond donors (Lipinski definition) is 1. The minimum Gasteiger partial charge on any atom is -0.324 e. The molecular weight excluding hydrogens is 273 g/mol. The molecule has 3 aromatic rings. The smallest absolute Gasteiger partial charge is 0.123 e. The Kier molecular flexibility index (Phi) is 3.02. The number of nitrogens with two attached hydrogens (primary N) is 1. The Morgan fingerprint density at radius 1 is 0.955 bits per heavy atom. The highest BCUT2D eigenvalue weighted by molar-refractivity contribution is 5.83. The van der Waals surface area contributed by atoms with Crippen LogP contribution in [0.15, 0.2) is 66.7 Å². The van der Waals surface area contributed by atoms with Crippen molar-refractivity contribution in [2.24, 2.45) is 5.73 Å². The van der Waals surface area contributed by atoms with Crippen molar-refractivity contribution in [2.45, 2.75) is 24.3 Å². The van der Waals surface area contributed by atoms with Gasteiger partial charge in [-0.25, -0.2) is 4.39 Å². The highest BCUT2D eigenvalue weighted by Gasteiger charge is 2.51. The second-order valence-corrected chi connectivity index (χ2v) is 6.40. The van der Waals surface area contributed by atoms with Crippen molar-refractivity contribution in [1.82, 2.24) is 0 Å². The Morgan fingerprint density at radius 2 is 1.68 bits per heavy atom. The van der Waals surface area contributed by atoms with Crippen LogP contribution in [0.2, 0.25) is 0 Å². The van der Waals surface area contributed by atoms with Crippen molar-refractivity contribution in [2.75, 3.05) is 0 Å². The molecule has 110 valence electrons. The normalized spacial score (nSPS) is 23.6. The topological polar surface area (TPSA) is 26.0 Å². The fraction of sp³-hybridized carbons (Fsp3) is 0.200. The number of hydrogen-bond acceptors (Lipinski definition) is 1. The molecule has 0 saturated heterocycles. The summed E-state index contributed by atoms with van der Waals surface area (Å²) in [4.78, 5) is 0. The van der Waals surface area contributed by atoms with Gasteiger partial charge in [0.25, 0.3) is 0 Å². The zero-order chi connectivity index (χ0) is 15.2. The molecule has 0 heterocycles. The van der Waals surface area contributed by atoms with Crippen LogP contribution in [0.1, 0.15) is 23.5 Å². The molecule has 0 unspecified atom stereocenters. The summed E-state index contributed by atoms with van der Waals surface area (Å²) in [5.74, 6) is 0.140. The molecule has 1 nitrogen and oxygen atoms in total. The summed E-state index contributed by atoms with van der Waals surface area (Å²) in [6, 6.07) is 21.7. The lowest BCUT2D eigenvalue weighted by molar-refractivity contribution is 0.623. The molecule has 1 saturated carbocycles. The summed E-state index contributed by atoms with van der Waals surface area (Å²) < 4.78 is 13.0. The number of halogens is 1. The maximum absolute atomic E-state index is 13.0. The maximum Gasteiger partial charge on any atom is 0.123 e. The Labute approximate surface area is 129 Å². The van der Waals surface area contributed by atoms with E-state index in [1.165, 1.54) is 28.5 Å². The predicted molar refractivity (Wildman–Crippen MR) is 88.3 cm³/mol. The van der Waals surface area contributed by atoms with E-state index in [1.807, 2.05) is 12.1 Å². The second kappa shape index (κ2) is 4.92. The summed E-state index contributed by atoms with van der Waals surface area (Å²) in [7, 11) is 0. The van der Waals surface area contributed by atoms with Gasteiger partial charge in [-0.15, -0.1) is 0 Å². The van der Waals surface area contributed by atoms with Gasteiger partial charge < -0.3 is 5.73 Å². The van der Waals surface area contributed by atoms with Crippen molar-refractivity contribution in [1.29, 1.82) is 0 Å². The molecular formula is C20H18FN. The molecule has 4 rings (SSSR count). The van der Waals surface area contributed by atoms with E-state index in [4.69, 9.17) is 5.73 Å². The van der Waals surface area contributed by atoms with E-state index in [0.29, 0.717) is 5.92 Å². The Balaban J connectivity index is 1.56. The highest BCUT2D eigenvalue weighted by atomic mass is 19.1. The van der Waals surface area contributed by atoms with Crippen LogP contribution in [0.25, 0.3) is 10.8 Å². The molecule has 0 spiro atoms. The zero-order valence-corrected chi connectivity index (χ0v) is 12.3. The molecule has 0 bridgehead atoms. The van der Waals surface area contributed by atoms with Gasteiger partial charge in [0.05, 0.1) is 0 Å². The molecule has 22 heavy (non-hydrogen) atoms. The Bertz CT molecular complexity index is 824. The van der Waals surface area contributed by atoms with E-state index < -0.39 is 0 Å². The lowest BCUT2D eigenvalue weighted by atomic mass is 9.97. The molecule has 2 atom stereocenters. The van der Waals surface area contributed by atoms with Gasteiger partial charge in [-0.1, -0.05) is 54.6 Å². The third-order valence-electron chi connectivity index (χ3n) is 4.74. The quantitative estimate of drug-likeness (QED) is 0.760. The molecule has 0 radical (unpaired) electrons. The van der Waals surface area contributed by atoms with Crippen molar-refractivity contribution in [3.05, 3.63) is 83.7 Å². The number of rotatable bonds is 3. The van der Waals surface area contributed by atoms with Gasteiger partial charge in [-0.2, -0.15) is 0 Å². The summed E-state index contributed by atoms with van der Waals surface area (Å²) in [5, 5.41) is 2.51. The summed E-state index contributed by atoms with van der Waals surface area (Å²) >= 11 is 0. The first-order chi connectivity index (χ1) is 10.6. The molecule has 0 aliphatic heterocycles. The van der Waals surface area contributed by atoms with Crippen molar-refractivity contribution >= 4 is 10.8 Å². The van der Waals surface area contributed by atoms with Crippen LogP contribution in [-0.4, -0.2) is 5.54 Å². The van der Waals surface area contributed by atoms with Crippen molar-refractivity contribution < 1.29 is 4.39 Å². The molecule has 1 aliphatic carbocycles. The van der Waals surface area contributed by atoms with Gasteiger partial charge in [-0.05, 0) is 46.9 Å². The SMILES string of the molecule is N[C@]1(Cc2ccc3ccccc3c2)C[C@@H]1c1ccc(F)cc1. The lowest BCUT2D eigenvalue weighted by Crippen LogP contribution is -2.27. The third-order valence-corrected chi connectivity index (χ3v) is 4.74. The molecule has 2 N–H and O–H groups in total. The van der Waals surface area contributed by atoms with E-state index in [0.717, 1.165) is 18.4 Å². The van der Waals surface area contributed by atoms with E-state index in [-0.39, 0.29) is 11.4 Å². The van der Waals surface area contributed by atoms with Gasteiger partial charge in [0, 0.05) is 11.5 Å². The van der Waals surface area contributed by atoms with Gasteiger partial charge in [0.2, 0.25) is 0 Å². The Hall–Kier alpha value is -2.19. The van der Waals surface area contributed by atoms with Crippen LogP contribution in [0.4, 0.5) is 4.39 Å². The second-order valence-electron chi connectivity index (χ2n) is 6.40. The van der Waals surface area contributed by atoms with Gasteiger partial charge in [0.15, 0.2) is 0 Å². The molecule has 0 amide bonds. The van der Waals surface area contributed by atoms with Gasteiger partial charge >= 0.3 is 0 Å². The first-order valence-electron chi connectivity index (χ1n) is 7.66. The van der Waals surface area contributed by atoms with Crippen molar-refractivity contribution in [3.8, 4) is 0 Å². The van der Waals surface area contributed by atoms with E-state index in [1.54, 1.807) is 0 Å². The lowest BCUT2D eigenvalue weighted by Gasteiger charge is -2.13. The first kappa shape index (κ1) is 13.5.